The lowest BCUT2D eigenvalue weighted by Crippen LogP contribution is -2.58. The molecule has 11 heteroatoms. The number of H-pyrrole nitrogens is 1. The van der Waals surface area contributed by atoms with Gasteiger partial charge in [0.05, 0.1) is 29.3 Å². The van der Waals surface area contributed by atoms with Gasteiger partial charge in [-0.3, -0.25) is 19.1 Å². The Kier molecular flexibility index (Phi) is 6.30. The van der Waals surface area contributed by atoms with Crippen molar-refractivity contribution < 1.29 is 14.6 Å². The van der Waals surface area contributed by atoms with Crippen molar-refractivity contribution in [1.29, 1.82) is 0 Å². The number of nitrogens with zero attached hydrogens (tertiary/aromatic N) is 4. The minimum absolute atomic E-state index is 0.0612. The van der Waals surface area contributed by atoms with Crippen LogP contribution in [0.4, 0.5) is 0 Å². The van der Waals surface area contributed by atoms with Gasteiger partial charge in [-0.1, -0.05) is 11.6 Å². The van der Waals surface area contributed by atoms with Gasteiger partial charge in [0.25, 0.3) is 5.56 Å². The average molecular weight is 516 g/mol. The average Bonchev–Trinajstić information content (AvgIpc) is 3.14. The summed E-state index contributed by atoms with van der Waals surface area (Å²) in [4.78, 5) is 45.7. The van der Waals surface area contributed by atoms with E-state index in [9.17, 15) is 19.5 Å². The van der Waals surface area contributed by atoms with Crippen molar-refractivity contribution in [2.24, 2.45) is 7.05 Å². The monoisotopic (exact) mass is 515 g/mol. The molecule has 2 N–H and O–H groups in total. The molecule has 0 saturated carbocycles. The number of aromatic nitrogens is 4. The minimum Gasteiger partial charge on any atom is -0.386 e. The van der Waals surface area contributed by atoms with E-state index < -0.39 is 28.5 Å². The first-order valence-corrected chi connectivity index (χ1v) is 12.5. The van der Waals surface area contributed by atoms with Gasteiger partial charge in [0, 0.05) is 56.7 Å². The van der Waals surface area contributed by atoms with Crippen LogP contribution in [0.1, 0.15) is 44.5 Å². The van der Waals surface area contributed by atoms with Gasteiger partial charge in [-0.15, -0.1) is 0 Å². The van der Waals surface area contributed by atoms with Gasteiger partial charge in [-0.05, 0) is 38.0 Å². The lowest BCUT2D eigenvalue weighted by molar-refractivity contribution is -0.202. The topological polar surface area (TPSA) is 122 Å². The van der Waals surface area contributed by atoms with Gasteiger partial charge in [-0.2, -0.15) is 0 Å². The maximum Gasteiger partial charge on any atom is 0.328 e. The molecule has 2 aromatic heterocycles. The first-order chi connectivity index (χ1) is 17.1. The number of carbonyl (C=O) groups is 1. The molecule has 2 atom stereocenters. The fourth-order valence-corrected chi connectivity index (χ4v) is 5.60. The standard InChI is InChI=1S/C25H30ClN5O5/c1-24(35)15-36-25(14-19(24)31-10-7-21(32)28-23(31)34)8-11-30(12-9-25)22(33)6-5-20-27-17-13-16(26)3-4-18(17)29(20)2/h3-4,7,10,13,19,35H,5-6,8-9,11-12,14-15H2,1-2H3,(H,28,32,34)/t19-,24-/m0/s1. The minimum atomic E-state index is -1.27. The number of imidazole rings is 1. The molecule has 3 aromatic rings. The molecule has 1 aromatic carbocycles. The van der Waals surface area contributed by atoms with Crippen LogP contribution in [0.15, 0.2) is 40.1 Å². The highest BCUT2D eigenvalue weighted by Crippen LogP contribution is 2.43. The summed E-state index contributed by atoms with van der Waals surface area (Å²) < 4.78 is 9.53. The van der Waals surface area contributed by atoms with Crippen LogP contribution in [0.25, 0.3) is 11.0 Å². The molecule has 0 radical (unpaired) electrons. The van der Waals surface area contributed by atoms with E-state index in [0.717, 1.165) is 16.9 Å². The van der Waals surface area contributed by atoms with Gasteiger partial charge in [0.1, 0.15) is 11.4 Å². The number of likely N-dealkylation sites (tertiary alicyclic amines) is 1. The summed E-state index contributed by atoms with van der Waals surface area (Å²) in [5.74, 6) is 0.896. The Bertz CT molecular complexity index is 1420. The molecule has 5 rings (SSSR count). The van der Waals surface area contributed by atoms with E-state index >= 15 is 0 Å². The number of aryl methyl sites for hydroxylation is 2. The number of nitrogens with one attached hydrogen (secondary N) is 1. The smallest absolute Gasteiger partial charge is 0.328 e. The molecular weight excluding hydrogens is 486 g/mol. The van der Waals surface area contributed by atoms with Crippen molar-refractivity contribution in [3.8, 4) is 0 Å². The normalized spacial score (nSPS) is 23.9. The number of fused-ring (bicyclic) bond motifs is 1. The van der Waals surface area contributed by atoms with E-state index in [1.165, 1.54) is 16.8 Å². The third-order valence-corrected chi connectivity index (χ3v) is 7.90. The number of piperidine rings is 1. The maximum atomic E-state index is 13.0. The molecule has 0 unspecified atom stereocenters. The number of aromatic amines is 1. The number of benzene rings is 1. The third-order valence-electron chi connectivity index (χ3n) is 7.67. The molecule has 192 valence electrons. The predicted molar refractivity (Wildman–Crippen MR) is 134 cm³/mol. The zero-order chi connectivity index (χ0) is 25.7. The fraction of sp³-hybridized carbons (Fsp3) is 0.520. The Morgan fingerprint density at radius 3 is 2.75 bits per heavy atom. The van der Waals surface area contributed by atoms with Crippen LogP contribution < -0.4 is 11.2 Å². The molecule has 0 bridgehead atoms. The highest BCUT2D eigenvalue weighted by Gasteiger charge is 2.49. The Labute approximate surface area is 212 Å². The second kappa shape index (κ2) is 9.17. The molecule has 0 aliphatic carbocycles. The zero-order valence-electron chi connectivity index (χ0n) is 20.4. The summed E-state index contributed by atoms with van der Waals surface area (Å²) >= 11 is 6.08. The maximum absolute atomic E-state index is 13.0. The highest BCUT2D eigenvalue weighted by atomic mass is 35.5. The van der Waals surface area contributed by atoms with Crippen molar-refractivity contribution in [2.75, 3.05) is 19.7 Å². The number of hydrogen-bond donors (Lipinski definition) is 2. The van der Waals surface area contributed by atoms with E-state index in [1.807, 2.05) is 34.7 Å². The van der Waals surface area contributed by atoms with Crippen LogP contribution in [-0.4, -0.2) is 65.9 Å². The van der Waals surface area contributed by atoms with Crippen molar-refractivity contribution in [1.82, 2.24) is 24.0 Å². The second-order valence-electron chi connectivity index (χ2n) is 10.2. The number of aliphatic hydroxyl groups is 1. The van der Waals surface area contributed by atoms with Crippen LogP contribution in [0.5, 0.6) is 0 Å². The number of carbonyl (C=O) groups excluding carboxylic acids is 1. The molecule has 1 spiro atoms. The van der Waals surface area contributed by atoms with Crippen molar-refractivity contribution in [2.45, 2.75) is 56.3 Å². The van der Waals surface area contributed by atoms with Crippen molar-refractivity contribution in [3.63, 3.8) is 0 Å². The molecule has 2 fully saturated rings. The summed E-state index contributed by atoms with van der Waals surface area (Å²) in [5, 5.41) is 11.6. The summed E-state index contributed by atoms with van der Waals surface area (Å²) in [6.07, 6.45) is 3.93. The van der Waals surface area contributed by atoms with E-state index in [0.29, 0.717) is 50.2 Å². The Morgan fingerprint density at radius 1 is 1.28 bits per heavy atom. The van der Waals surface area contributed by atoms with Gasteiger partial charge in [-0.25, -0.2) is 9.78 Å². The third kappa shape index (κ3) is 4.60. The summed E-state index contributed by atoms with van der Waals surface area (Å²) in [5.41, 5.74) is -1.06. The molecule has 4 heterocycles. The Morgan fingerprint density at radius 2 is 2.03 bits per heavy atom. The molecule has 1 amide bonds. The van der Waals surface area contributed by atoms with Crippen LogP contribution in [-0.2, 0) is 23.0 Å². The molecule has 2 aliphatic heterocycles. The quantitative estimate of drug-likeness (QED) is 0.546. The van der Waals surface area contributed by atoms with E-state index in [1.54, 1.807) is 6.92 Å². The van der Waals surface area contributed by atoms with Crippen LogP contribution in [0.3, 0.4) is 0 Å². The molecule has 2 saturated heterocycles. The van der Waals surface area contributed by atoms with E-state index in [4.69, 9.17) is 16.3 Å². The predicted octanol–water partition coefficient (Wildman–Crippen LogP) is 1.78. The van der Waals surface area contributed by atoms with Crippen LogP contribution >= 0.6 is 11.6 Å². The number of amides is 1. The number of rotatable bonds is 4. The second-order valence-corrected chi connectivity index (χ2v) is 10.6. The number of halogens is 1. The zero-order valence-corrected chi connectivity index (χ0v) is 21.1. The summed E-state index contributed by atoms with van der Waals surface area (Å²) in [6, 6.07) is 6.30. The largest absolute Gasteiger partial charge is 0.386 e. The van der Waals surface area contributed by atoms with Crippen molar-refractivity contribution >= 4 is 28.5 Å². The van der Waals surface area contributed by atoms with E-state index in [-0.39, 0.29) is 12.5 Å². The lowest BCUT2D eigenvalue weighted by atomic mass is 9.77. The molecule has 2 aliphatic rings. The molecule has 36 heavy (non-hydrogen) atoms. The number of ether oxygens (including phenoxy) is 1. The summed E-state index contributed by atoms with van der Waals surface area (Å²) in [6.45, 7) is 2.77. The van der Waals surface area contributed by atoms with Gasteiger partial charge < -0.3 is 19.3 Å². The van der Waals surface area contributed by atoms with Gasteiger partial charge in [0.2, 0.25) is 5.91 Å². The van der Waals surface area contributed by atoms with Gasteiger partial charge in [0.15, 0.2) is 0 Å². The first kappa shape index (κ1) is 24.7. The van der Waals surface area contributed by atoms with Gasteiger partial charge >= 0.3 is 5.69 Å². The summed E-state index contributed by atoms with van der Waals surface area (Å²) in [7, 11) is 1.94. The Balaban J connectivity index is 1.23. The first-order valence-electron chi connectivity index (χ1n) is 12.1. The van der Waals surface area contributed by atoms with E-state index in [2.05, 4.69) is 9.97 Å². The van der Waals surface area contributed by atoms with Crippen molar-refractivity contribution in [3.05, 3.63) is 62.1 Å². The molecular formula is C25H30ClN5O5. The van der Waals surface area contributed by atoms with Crippen LogP contribution in [0, 0.1) is 0 Å². The lowest BCUT2D eigenvalue weighted by Gasteiger charge is -2.51. The molecule has 10 nitrogen and oxygen atoms in total. The fourth-order valence-electron chi connectivity index (χ4n) is 5.43. The van der Waals surface area contributed by atoms with Crippen LogP contribution in [0.2, 0.25) is 5.02 Å². The Hall–Kier alpha value is -2.95. The number of hydrogen-bond acceptors (Lipinski definition) is 6. The SMILES string of the molecule is Cn1c(CCC(=O)N2CCC3(CC2)C[C@H](n2ccc(=O)[nH]c2=O)[C@@](C)(O)CO3)nc2cc(Cl)ccc21. The highest BCUT2D eigenvalue weighted by molar-refractivity contribution is 6.31.